The number of primary amides is 1. The van der Waals surface area contributed by atoms with Gasteiger partial charge in [0.15, 0.2) is 9.84 Å². The van der Waals surface area contributed by atoms with E-state index in [0.29, 0.717) is 0 Å². The average molecular weight is 225 g/mol. The fourth-order valence-corrected chi connectivity index (χ4v) is 1.95. The highest BCUT2D eigenvalue weighted by molar-refractivity contribution is 7.94. The topological polar surface area (TPSA) is 77.2 Å². The third-order valence-electron chi connectivity index (χ3n) is 1.76. The van der Waals surface area contributed by atoms with Crippen LogP contribution in [0.4, 0.5) is 0 Å². The van der Waals surface area contributed by atoms with Gasteiger partial charge in [-0.1, -0.05) is 17.7 Å². The normalized spacial score (nSPS) is 11.8. The summed E-state index contributed by atoms with van der Waals surface area (Å²) in [5, 5.41) is 0.806. The maximum Gasteiger partial charge on any atom is 0.242 e. The van der Waals surface area contributed by atoms with E-state index in [4.69, 9.17) is 5.73 Å². The van der Waals surface area contributed by atoms with Gasteiger partial charge in [-0.05, 0) is 19.1 Å². The molecule has 1 aromatic carbocycles. The number of hydrogen-bond acceptors (Lipinski definition) is 3. The van der Waals surface area contributed by atoms with Gasteiger partial charge in [-0.2, -0.15) is 0 Å². The fourth-order valence-electron chi connectivity index (χ4n) is 0.963. The molecular weight excluding hydrogens is 214 g/mol. The van der Waals surface area contributed by atoms with Crippen LogP contribution in [-0.2, 0) is 14.6 Å². The summed E-state index contributed by atoms with van der Waals surface area (Å²) >= 11 is 0. The molecule has 5 heteroatoms. The zero-order valence-electron chi connectivity index (χ0n) is 8.17. The van der Waals surface area contributed by atoms with Crippen molar-refractivity contribution in [1.29, 1.82) is 0 Å². The maximum absolute atomic E-state index is 11.6. The number of carbonyl (C=O) groups excluding carboxylic acids is 1. The van der Waals surface area contributed by atoms with Crippen molar-refractivity contribution in [3.8, 4) is 0 Å². The van der Waals surface area contributed by atoms with Crippen molar-refractivity contribution >= 4 is 15.7 Å². The molecule has 0 aliphatic heterocycles. The van der Waals surface area contributed by atoms with Gasteiger partial charge in [0.25, 0.3) is 0 Å². The van der Waals surface area contributed by atoms with Gasteiger partial charge in [-0.15, -0.1) is 0 Å². The fraction of sp³-hybridized carbons (Fsp3) is 0.100. The number of aryl methyl sites for hydroxylation is 1. The Balaban J connectivity index is 3.07. The molecule has 0 fully saturated rings. The largest absolute Gasteiger partial charge is 0.366 e. The molecular formula is C10H11NO3S. The maximum atomic E-state index is 11.6. The first-order valence-corrected chi connectivity index (χ1v) is 5.76. The quantitative estimate of drug-likeness (QED) is 0.772. The lowest BCUT2D eigenvalue weighted by Gasteiger charge is -1.98. The zero-order valence-corrected chi connectivity index (χ0v) is 8.99. The molecule has 0 heterocycles. The van der Waals surface area contributed by atoms with Crippen LogP contribution in [-0.4, -0.2) is 14.3 Å². The molecule has 15 heavy (non-hydrogen) atoms. The third-order valence-corrected chi connectivity index (χ3v) is 3.18. The smallest absolute Gasteiger partial charge is 0.242 e. The van der Waals surface area contributed by atoms with Gasteiger partial charge < -0.3 is 5.73 Å². The Morgan fingerprint density at radius 3 is 2.27 bits per heavy atom. The standard InChI is InChI=1S/C10H11NO3S/c1-8-2-4-9(5-3-8)15(13,14)7-6-10(11)12/h2-7H,1H3,(H2,11,12). The summed E-state index contributed by atoms with van der Waals surface area (Å²) in [6.45, 7) is 1.86. The number of rotatable bonds is 3. The Hall–Kier alpha value is -1.62. The van der Waals surface area contributed by atoms with Crippen LogP contribution in [0, 0.1) is 6.92 Å². The minimum Gasteiger partial charge on any atom is -0.366 e. The first kappa shape index (κ1) is 11.5. The van der Waals surface area contributed by atoms with Crippen molar-refractivity contribution in [3.05, 3.63) is 41.3 Å². The second kappa shape index (κ2) is 4.27. The molecule has 2 N–H and O–H groups in total. The van der Waals surface area contributed by atoms with Crippen LogP contribution in [0.15, 0.2) is 40.6 Å². The number of hydrogen-bond donors (Lipinski definition) is 1. The number of nitrogens with two attached hydrogens (primary N) is 1. The molecule has 0 aliphatic rings. The summed E-state index contributed by atoms with van der Waals surface area (Å²) in [5.41, 5.74) is 5.78. The number of benzene rings is 1. The van der Waals surface area contributed by atoms with Crippen LogP contribution in [0.2, 0.25) is 0 Å². The van der Waals surface area contributed by atoms with Crippen LogP contribution < -0.4 is 5.73 Å². The zero-order chi connectivity index (χ0) is 11.5. The average Bonchev–Trinajstić information content (AvgIpc) is 2.16. The predicted molar refractivity (Wildman–Crippen MR) is 56.7 cm³/mol. The monoisotopic (exact) mass is 225 g/mol. The minimum atomic E-state index is -3.55. The lowest BCUT2D eigenvalue weighted by Crippen LogP contribution is -2.07. The summed E-state index contributed by atoms with van der Waals surface area (Å²) in [5.74, 6) is -0.786. The van der Waals surface area contributed by atoms with E-state index in [1.165, 1.54) is 12.1 Å². The van der Waals surface area contributed by atoms with E-state index in [9.17, 15) is 13.2 Å². The summed E-state index contributed by atoms with van der Waals surface area (Å²) in [6.07, 6.45) is 0.829. The van der Waals surface area contributed by atoms with Crippen LogP contribution in [0.25, 0.3) is 0 Å². The Morgan fingerprint density at radius 1 is 1.27 bits per heavy atom. The van der Waals surface area contributed by atoms with Crippen molar-refractivity contribution in [2.75, 3.05) is 0 Å². The van der Waals surface area contributed by atoms with Gasteiger partial charge in [0, 0.05) is 11.5 Å². The second-order valence-electron chi connectivity index (χ2n) is 3.06. The van der Waals surface area contributed by atoms with Gasteiger partial charge in [-0.25, -0.2) is 8.42 Å². The second-order valence-corrected chi connectivity index (χ2v) is 4.90. The molecule has 1 rings (SSSR count). The van der Waals surface area contributed by atoms with E-state index < -0.39 is 15.7 Å². The van der Waals surface area contributed by atoms with Crippen LogP contribution in [0.5, 0.6) is 0 Å². The molecule has 0 atom stereocenters. The molecule has 0 saturated carbocycles. The van der Waals surface area contributed by atoms with Crippen molar-refractivity contribution < 1.29 is 13.2 Å². The molecule has 80 valence electrons. The molecule has 0 radical (unpaired) electrons. The van der Waals surface area contributed by atoms with Crippen molar-refractivity contribution in [2.45, 2.75) is 11.8 Å². The van der Waals surface area contributed by atoms with E-state index >= 15 is 0 Å². The molecule has 0 aromatic heterocycles. The highest BCUT2D eigenvalue weighted by Gasteiger charge is 2.09. The Kier molecular flexibility index (Phi) is 3.26. The molecule has 1 aromatic rings. The summed E-state index contributed by atoms with van der Waals surface area (Å²) < 4.78 is 23.1. The lowest BCUT2D eigenvalue weighted by molar-refractivity contribution is -0.113. The van der Waals surface area contributed by atoms with Crippen LogP contribution >= 0.6 is 0 Å². The molecule has 4 nitrogen and oxygen atoms in total. The van der Waals surface area contributed by atoms with Crippen LogP contribution in [0.1, 0.15) is 5.56 Å². The molecule has 0 aliphatic carbocycles. The molecule has 0 bridgehead atoms. The van der Waals surface area contributed by atoms with Crippen LogP contribution in [0.3, 0.4) is 0 Å². The van der Waals surface area contributed by atoms with Gasteiger partial charge in [-0.3, -0.25) is 4.79 Å². The minimum absolute atomic E-state index is 0.144. The lowest BCUT2D eigenvalue weighted by atomic mass is 10.2. The number of sulfone groups is 1. The molecule has 1 amide bonds. The van der Waals surface area contributed by atoms with E-state index in [-0.39, 0.29) is 4.90 Å². The molecule has 0 spiro atoms. The van der Waals surface area contributed by atoms with Gasteiger partial charge in [0.1, 0.15) is 0 Å². The first-order chi connectivity index (χ1) is 6.92. The molecule has 0 unspecified atom stereocenters. The van der Waals surface area contributed by atoms with Crippen molar-refractivity contribution in [2.24, 2.45) is 5.73 Å². The highest BCUT2D eigenvalue weighted by atomic mass is 32.2. The van der Waals surface area contributed by atoms with Gasteiger partial charge in [0.2, 0.25) is 5.91 Å². The van der Waals surface area contributed by atoms with Crippen molar-refractivity contribution in [3.63, 3.8) is 0 Å². The third kappa shape index (κ3) is 3.21. The summed E-state index contributed by atoms with van der Waals surface area (Å²) in [6, 6.07) is 6.34. The van der Waals surface area contributed by atoms with Gasteiger partial charge in [0.05, 0.1) is 4.90 Å². The van der Waals surface area contributed by atoms with Gasteiger partial charge >= 0.3 is 0 Å². The Morgan fingerprint density at radius 2 is 1.80 bits per heavy atom. The van der Waals surface area contributed by atoms with E-state index in [1.807, 2.05) is 6.92 Å². The summed E-state index contributed by atoms with van der Waals surface area (Å²) in [4.78, 5) is 10.5. The van der Waals surface area contributed by atoms with E-state index in [2.05, 4.69) is 0 Å². The molecule has 0 saturated heterocycles. The SMILES string of the molecule is Cc1ccc(S(=O)(=O)C=CC(N)=O)cc1. The number of carbonyl (C=O) groups is 1. The van der Waals surface area contributed by atoms with E-state index in [1.54, 1.807) is 12.1 Å². The summed E-state index contributed by atoms with van der Waals surface area (Å²) in [7, 11) is -3.55. The predicted octanol–water partition coefficient (Wildman–Crippen LogP) is 0.768. The highest BCUT2D eigenvalue weighted by Crippen LogP contribution is 2.12. The Bertz CT molecular complexity index is 486. The van der Waals surface area contributed by atoms with Crippen molar-refractivity contribution in [1.82, 2.24) is 0 Å². The number of amides is 1. The van der Waals surface area contributed by atoms with E-state index in [0.717, 1.165) is 17.0 Å². The Labute approximate surface area is 88.3 Å². The first-order valence-electron chi connectivity index (χ1n) is 4.21.